The van der Waals surface area contributed by atoms with Crippen molar-refractivity contribution >= 4 is 29.7 Å². The Morgan fingerprint density at radius 2 is 1.53 bits per heavy atom. The van der Waals surface area contributed by atoms with Crippen molar-refractivity contribution in [3.63, 3.8) is 0 Å². The summed E-state index contributed by atoms with van der Waals surface area (Å²) < 4.78 is 6.02. The van der Waals surface area contributed by atoms with E-state index in [0.29, 0.717) is 24.8 Å². The first kappa shape index (κ1) is 41.3. The number of ether oxygens (including phenoxy) is 1. The lowest BCUT2D eigenvalue weighted by atomic mass is 9.33. The summed E-state index contributed by atoms with van der Waals surface area (Å²) in [6, 6.07) is -0.901. The van der Waals surface area contributed by atoms with Crippen molar-refractivity contribution < 1.29 is 38.9 Å². The highest BCUT2D eigenvalue weighted by Gasteiger charge is 2.69. The van der Waals surface area contributed by atoms with E-state index in [9.17, 15) is 24.0 Å². The van der Waals surface area contributed by atoms with Crippen molar-refractivity contribution in [1.82, 2.24) is 10.6 Å². The molecular formula is C43H68N2O8. The topological polar surface area (TPSA) is 159 Å². The van der Waals surface area contributed by atoms with E-state index in [0.717, 1.165) is 77.0 Å². The maximum Gasteiger partial charge on any atom is 0.325 e. The number of fused-ring (bicyclic) bond motifs is 7. The van der Waals surface area contributed by atoms with Crippen LogP contribution in [0.15, 0.2) is 11.6 Å². The summed E-state index contributed by atoms with van der Waals surface area (Å²) in [6.45, 7) is 18.9. The molecule has 5 aliphatic carbocycles. The van der Waals surface area contributed by atoms with Crippen LogP contribution < -0.4 is 10.6 Å². The molecule has 0 radical (unpaired) electrons. The molecule has 0 aromatic rings. The van der Waals surface area contributed by atoms with Crippen LogP contribution in [0.25, 0.3) is 0 Å². The molecule has 0 aromatic carbocycles. The van der Waals surface area contributed by atoms with E-state index in [1.165, 1.54) is 12.5 Å². The molecule has 298 valence electrons. The maximum absolute atomic E-state index is 14.4. The van der Waals surface area contributed by atoms with Gasteiger partial charge in [-0.25, -0.2) is 0 Å². The number of aliphatic carboxylic acids is 2. The molecule has 5 aliphatic rings. The van der Waals surface area contributed by atoms with E-state index in [2.05, 4.69) is 65.2 Å². The predicted molar refractivity (Wildman–Crippen MR) is 203 cm³/mol. The number of carbonyl (C=O) groups excluding carboxylic acids is 3. The maximum atomic E-state index is 14.4. The molecule has 0 bridgehead atoms. The van der Waals surface area contributed by atoms with E-state index >= 15 is 0 Å². The van der Waals surface area contributed by atoms with Crippen LogP contribution in [0, 0.1) is 50.2 Å². The quantitative estimate of drug-likeness (QED) is 0.0845. The molecule has 10 nitrogen and oxygen atoms in total. The summed E-state index contributed by atoms with van der Waals surface area (Å²) in [4.78, 5) is 61.3. The van der Waals surface area contributed by atoms with Gasteiger partial charge >= 0.3 is 17.9 Å². The summed E-state index contributed by atoms with van der Waals surface area (Å²) in [5.74, 6) is -1.46. The molecule has 10 heteroatoms. The number of hydrogen-bond donors (Lipinski definition) is 4. The molecule has 0 heterocycles. The third kappa shape index (κ3) is 7.55. The Kier molecular flexibility index (Phi) is 11.7. The molecule has 0 aliphatic heterocycles. The van der Waals surface area contributed by atoms with Gasteiger partial charge in [-0.3, -0.25) is 24.0 Å². The summed E-state index contributed by atoms with van der Waals surface area (Å²) >= 11 is 0. The highest BCUT2D eigenvalue weighted by atomic mass is 16.5. The van der Waals surface area contributed by atoms with Gasteiger partial charge in [-0.05, 0) is 123 Å². The van der Waals surface area contributed by atoms with Gasteiger partial charge in [0.1, 0.15) is 12.1 Å². The second-order valence-electron chi connectivity index (χ2n) is 19.8. The number of hydrogen-bond acceptors (Lipinski definition) is 6. The minimum Gasteiger partial charge on any atom is -0.481 e. The number of rotatable bonds is 13. The van der Waals surface area contributed by atoms with E-state index in [1.54, 1.807) is 0 Å². The van der Waals surface area contributed by atoms with E-state index in [-0.39, 0.29) is 70.2 Å². The standard InChI is InChI=1S/C43H68N2O8/c1-27(36(50)51)45-33(46)12-10-9-11-25-44-37(52)43-23-21-38(2,3)26-29(43)28-13-14-31-40(6)19-18-32(53-35(49)16-15-34(47)48)39(4,5)30(40)17-20-42(31,8)41(28,7)22-24-43/h13,27,29-32H,9-12,14-26H2,1-8H3,(H,44,52)(H,45,46)(H,47,48)(H,50,51)/t27-,29-,30-,31+,32-,40-,41+,42+,43-/m0/s1. The fraction of sp³-hybridized carbons (Fsp3) is 0.837. The first-order chi connectivity index (χ1) is 24.6. The van der Waals surface area contributed by atoms with Gasteiger partial charge in [-0.2, -0.15) is 0 Å². The van der Waals surface area contributed by atoms with E-state index in [1.807, 2.05) is 0 Å². The Morgan fingerprint density at radius 1 is 0.830 bits per heavy atom. The van der Waals surface area contributed by atoms with E-state index < -0.39 is 29.4 Å². The Labute approximate surface area is 317 Å². The molecule has 0 saturated heterocycles. The van der Waals surface area contributed by atoms with Crippen LogP contribution in [-0.2, 0) is 28.7 Å². The molecular weight excluding hydrogens is 672 g/mol. The van der Waals surface area contributed by atoms with Gasteiger partial charge in [0.2, 0.25) is 11.8 Å². The molecule has 4 N–H and O–H groups in total. The summed E-state index contributed by atoms with van der Waals surface area (Å²) in [5, 5.41) is 24.0. The highest BCUT2D eigenvalue weighted by Crippen LogP contribution is 2.75. The smallest absolute Gasteiger partial charge is 0.325 e. The fourth-order valence-corrected chi connectivity index (χ4v) is 12.6. The minimum atomic E-state index is -1.05. The number of nitrogens with one attached hydrogen (secondary N) is 2. The third-order valence-electron chi connectivity index (χ3n) is 16.0. The van der Waals surface area contributed by atoms with Gasteiger partial charge in [-0.1, -0.05) is 66.5 Å². The van der Waals surface area contributed by atoms with Gasteiger partial charge < -0.3 is 25.6 Å². The number of allylic oxidation sites excluding steroid dienone is 2. The lowest BCUT2D eigenvalue weighted by molar-refractivity contribution is -0.213. The van der Waals surface area contributed by atoms with Crippen LogP contribution in [0.4, 0.5) is 0 Å². The Bertz CT molecular complexity index is 1490. The normalized spacial score (nSPS) is 37.2. The minimum absolute atomic E-state index is 0.0191. The lowest BCUT2D eigenvalue weighted by Gasteiger charge is -2.71. The van der Waals surface area contributed by atoms with E-state index in [4.69, 9.17) is 14.9 Å². The number of amides is 2. The second kappa shape index (κ2) is 15.0. The average molecular weight is 741 g/mol. The van der Waals surface area contributed by atoms with Crippen molar-refractivity contribution in [2.45, 2.75) is 170 Å². The first-order valence-corrected chi connectivity index (χ1v) is 20.6. The van der Waals surface area contributed by atoms with Crippen LogP contribution >= 0.6 is 0 Å². The third-order valence-corrected chi connectivity index (χ3v) is 16.0. The van der Waals surface area contributed by atoms with Crippen LogP contribution in [0.3, 0.4) is 0 Å². The van der Waals surface area contributed by atoms with Crippen LogP contribution in [0.1, 0.15) is 158 Å². The number of esters is 1. The van der Waals surface area contributed by atoms with Crippen molar-refractivity contribution in [3.8, 4) is 0 Å². The van der Waals surface area contributed by atoms with Crippen molar-refractivity contribution in [3.05, 3.63) is 11.6 Å². The molecule has 0 spiro atoms. The lowest BCUT2D eigenvalue weighted by Crippen LogP contribution is -2.65. The first-order valence-electron chi connectivity index (χ1n) is 20.6. The van der Waals surface area contributed by atoms with Crippen molar-refractivity contribution in [2.75, 3.05) is 6.54 Å². The summed E-state index contributed by atoms with van der Waals surface area (Å²) in [7, 11) is 0. The van der Waals surface area contributed by atoms with Crippen LogP contribution in [0.5, 0.6) is 0 Å². The fourth-order valence-electron chi connectivity index (χ4n) is 12.6. The number of carboxylic acids is 2. The Morgan fingerprint density at radius 3 is 2.21 bits per heavy atom. The monoisotopic (exact) mass is 740 g/mol. The van der Waals surface area contributed by atoms with Gasteiger partial charge in [0, 0.05) is 18.4 Å². The molecule has 0 unspecified atom stereocenters. The van der Waals surface area contributed by atoms with Gasteiger partial charge in [0.05, 0.1) is 18.3 Å². The SMILES string of the molecule is C[C@H](NC(=O)CCCCCNC(=O)[C@]12CCC(C)(C)C[C@H]1C1=CC[C@@H]3[C@@]4(C)CC[C@H](OC(=O)CCC(=O)O)C(C)(C)[C@@H]4CC[C@@]3(C)[C@]1(C)CC2)C(=O)O. The largest absolute Gasteiger partial charge is 0.481 e. The van der Waals surface area contributed by atoms with Crippen molar-refractivity contribution in [2.24, 2.45) is 50.2 Å². The zero-order valence-electron chi connectivity index (χ0n) is 33.8. The molecule has 4 fully saturated rings. The van der Waals surface area contributed by atoms with Gasteiger partial charge in [0.25, 0.3) is 0 Å². The van der Waals surface area contributed by atoms with Crippen molar-refractivity contribution in [1.29, 1.82) is 0 Å². The molecule has 5 rings (SSSR count). The molecule has 0 aromatic heterocycles. The number of unbranched alkanes of at least 4 members (excludes halogenated alkanes) is 2. The predicted octanol–water partition coefficient (Wildman–Crippen LogP) is 7.83. The second-order valence-corrected chi connectivity index (χ2v) is 19.8. The van der Waals surface area contributed by atoms with Crippen LogP contribution in [-0.4, -0.2) is 58.6 Å². The number of carboxylic acid groups (broad SMARTS) is 2. The Balaban J connectivity index is 1.30. The zero-order valence-corrected chi connectivity index (χ0v) is 33.8. The van der Waals surface area contributed by atoms with Gasteiger partial charge in [0.15, 0.2) is 0 Å². The number of carbonyl (C=O) groups is 5. The summed E-state index contributed by atoms with van der Waals surface area (Å²) in [6.07, 6.45) is 14.3. The average Bonchev–Trinajstić information content (AvgIpc) is 3.06. The van der Waals surface area contributed by atoms with Crippen LogP contribution in [0.2, 0.25) is 0 Å². The van der Waals surface area contributed by atoms with Gasteiger partial charge in [-0.15, -0.1) is 0 Å². The Hall–Kier alpha value is -2.91. The zero-order chi connectivity index (χ0) is 39.2. The summed E-state index contributed by atoms with van der Waals surface area (Å²) in [5.41, 5.74) is 1.15. The molecule has 9 atom stereocenters. The molecule has 53 heavy (non-hydrogen) atoms. The highest BCUT2D eigenvalue weighted by molar-refractivity contribution is 5.84. The molecule has 4 saturated carbocycles. The molecule has 2 amide bonds.